The van der Waals surface area contributed by atoms with Gasteiger partial charge in [-0.3, -0.25) is 9.59 Å². The number of aliphatic hydroxyl groups is 2. The second-order valence-electron chi connectivity index (χ2n) is 9.91. The Balaban J connectivity index is 2.95. The first kappa shape index (κ1) is 32.5. The van der Waals surface area contributed by atoms with Crippen molar-refractivity contribution in [2.45, 2.75) is 89.2 Å². The van der Waals surface area contributed by atoms with Gasteiger partial charge in [0.05, 0.1) is 24.1 Å². The van der Waals surface area contributed by atoms with Crippen LogP contribution in [0.3, 0.4) is 0 Å². The molecular weight excluding hydrogens is 506 g/mol. The average molecular weight is 548 g/mol. The highest BCUT2D eigenvalue weighted by molar-refractivity contribution is 7.81. The van der Waals surface area contributed by atoms with E-state index in [4.69, 9.17) is 20.9 Å². The van der Waals surface area contributed by atoms with Gasteiger partial charge in [-0.15, -0.1) is 12.6 Å². The standard InChI is InChI=1S/C23H41N5O8S/c1-6-7-8-23(5,37)35-11-22(3,4)20(34)26-10-14(30)17(31)18-16(27-12(2)29)13(28-21(24)25)9-15(36-18)19(32)33/h9,13-14,16-18,30-31,37H,6-8,10-11H2,1-5H3,(H,26,34)(H,27,29)(H,32,33)(H4,24,25,28)/t13-,14+,16+,17+,18+,23?/m0/s1. The highest BCUT2D eigenvalue weighted by Crippen LogP contribution is 2.28. The molecule has 1 aliphatic heterocycles. The largest absolute Gasteiger partial charge is 0.478 e. The summed E-state index contributed by atoms with van der Waals surface area (Å²) in [6, 6.07) is -2.22. The van der Waals surface area contributed by atoms with E-state index in [1.54, 1.807) is 13.8 Å². The molecule has 0 bridgehead atoms. The van der Waals surface area contributed by atoms with E-state index in [1.165, 1.54) is 6.92 Å². The van der Waals surface area contributed by atoms with Gasteiger partial charge in [0.2, 0.25) is 17.6 Å². The predicted octanol–water partition coefficient (Wildman–Crippen LogP) is -0.783. The number of rotatable bonds is 14. The van der Waals surface area contributed by atoms with Crippen molar-refractivity contribution in [2.24, 2.45) is 21.9 Å². The lowest BCUT2D eigenvalue weighted by Crippen LogP contribution is -2.60. The van der Waals surface area contributed by atoms with Crippen LogP contribution in [0.25, 0.3) is 0 Å². The molecule has 0 saturated heterocycles. The quantitative estimate of drug-likeness (QED) is 0.0586. The molecular formula is C23H41N5O8S. The van der Waals surface area contributed by atoms with Gasteiger partial charge in [-0.2, -0.15) is 0 Å². The van der Waals surface area contributed by atoms with Gasteiger partial charge in [0.1, 0.15) is 23.2 Å². The number of nitrogens with zero attached hydrogens (tertiary/aromatic N) is 1. The number of nitrogens with one attached hydrogen (secondary N) is 2. The van der Waals surface area contributed by atoms with E-state index in [-0.39, 0.29) is 12.6 Å². The number of nitrogens with two attached hydrogens (primary N) is 2. The number of amides is 2. The fraction of sp³-hybridized carbons (Fsp3) is 0.739. The molecule has 14 heteroatoms. The Bertz CT molecular complexity index is 875. The molecule has 1 aliphatic rings. The molecule has 9 N–H and O–H groups in total. The SMILES string of the molecule is CCCCC(C)(S)OCC(C)(C)C(=O)NC[C@@H](O)[C@@H](O)[C@@H]1OC(C(=O)O)=C[C@H](N=C(N)N)[C@H]1NC(C)=O. The first-order valence-corrected chi connectivity index (χ1v) is 12.4. The Kier molecular flexibility index (Phi) is 12.1. The summed E-state index contributed by atoms with van der Waals surface area (Å²) in [4.78, 5) is 39.3. The minimum absolute atomic E-state index is 0.0600. The molecule has 1 heterocycles. The van der Waals surface area contributed by atoms with E-state index < -0.39 is 70.8 Å². The number of aliphatic hydroxyl groups excluding tert-OH is 2. The van der Waals surface area contributed by atoms with Crippen LogP contribution >= 0.6 is 12.6 Å². The minimum atomic E-state index is -1.74. The van der Waals surface area contributed by atoms with Crippen LogP contribution in [-0.2, 0) is 23.9 Å². The Labute approximate surface area is 222 Å². The minimum Gasteiger partial charge on any atom is -0.478 e. The number of carboxylic acids is 1. The summed E-state index contributed by atoms with van der Waals surface area (Å²) in [5, 5.41) is 36.0. The maximum Gasteiger partial charge on any atom is 0.370 e. The Morgan fingerprint density at radius 3 is 2.41 bits per heavy atom. The van der Waals surface area contributed by atoms with Crippen molar-refractivity contribution in [3.8, 4) is 0 Å². The number of ether oxygens (including phenoxy) is 2. The zero-order chi connectivity index (χ0) is 28.6. The van der Waals surface area contributed by atoms with Crippen LogP contribution in [0.4, 0.5) is 0 Å². The number of aliphatic carboxylic acids is 1. The second-order valence-corrected chi connectivity index (χ2v) is 10.9. The molecule has 0 radical (unpaired) electrons. The lowest BCUT2D eigenvalue weighted by molar-refractivity contribution is -0.144. The van der Waals surface area contributed by atoms with Crippen LogP contribution in [0.15, 0.2) is 16.8 Å². The molecule has 0 aliphatic carbocycles. The van der Waals surface area contributed by atoms with Crippen molar-refractivity contribution in [1.29, 1.82) is 0 Å². The van der Waals surface area contributed by atoms with Crippen molar-refractivity contribution in [2.75, 3.05) is 13.2 Å². The van der Waals surface area contributed by atoms with E-state index in [9.17, 15) is 29.7 Å². The smallest absolute Gasteiger partial charge is 0.370 e. The number of thiol groups is 1. The van der Waals surface area contributed by atoms with Crippen LogP contribution < -0.4 is 22.1 Å². The zero-order valence-corrected chi connectivity index (χ0v) is 22.8. The molecule has 1 unspecified atom stereocenters. The molecule has 37 heavy (non-hydrogen) atoms. The Hall–Kier alpha value is -2.55. The molecule has 2 amide bonds. The fourth-order valence-electron chi connectivity index (χ4n) is 3.56. The second kappa shape index (κ2) is 13.8. The van der Waals surface area contributed by atoms with E-state index in [0.717, 1.165) is 18.9 Å². The van der Waals surface area contributed by atoms with Gasteiger partial charge in [0, 0.05) is 13.5 Å². The van der Waals surface area contributed by atoms with Crippen LogP contribution in [0, 0.1) is 5.41 Å². The number of hydrogen-bond acceptors (Lipinski definition) is 9. The van der Waals surface area contributed by atoms with Gasteiger partial charge in [-0.1, -0.05) is 13.3 Å². The third-order valence-corrected chi connectivity index (χ3v) is 6.09. The highest BCUT2D eigenvalue weighted by Gasteiger charge is 2.44. The number of carboxylic acid groups (broad SMARTS) is 1. The molecule has 13 nitrogen and oxygen atoms in total. The van der Waals surface area contributed by atoms with Gasteiger partial charge in [-0.05, 0) is 39.7 Å². The van der Waals surface area contributed by atoms with Crippen molar-refractivity contribution < 1.29 is 39.2 Å². The van der Waals surface area contributed by atoms with Crippen molar-refractivity contribution >= 4 is 36.4 Å². The maximum atomic E-state index is 12.8. The van der Waals surface area contributed by atoms with Crippen molar-refractivity contribution in [3.63, 3.8) is 0 Å². The summed E-state index contributed by atoms with van der Waals surface area (Å²) < 4.78 is 11.2. The molecule has 0 fully saturated rings. The third-order valence-electron chi connectivity index (χ3n) is 5.74. The summed E-state index contributed by atoms with van der Waals surface area (Å²) in [5.74, 6) is -3.41. The molecule has 212 valence electrons. The Morgan fingerprint density at radius 1 is 1.27 bits per heavy atom. The molecule has 6 atom stereocenters. The summed E-state index contributed by atoms with van der Waals surface area (Å²) in [7, 11) is 0. The van der Waals surface area contributed by atoms with Gasteiger partial charge in [0.25, 0.3) is 0 Å². The number of unbranched alkanes of at least 4 members (excludes halogenated alkanes) is 1. The monoisotopic (exact) mass is 547 g/mol. The molecule has 0 aromatic heterocycles. The van der Waals surface area contributed by atoms with Crippen molar-refractivity contribution in [3.05, 3.63) is 11.8 Å². The predicted molar refractivity (Wildman–Crippen MR) is 139 cm³/mol. The first-order valence-electron chi connectivity index (χ1n) is 12.0. The normalized spacial score (nSPS) is 22.9. The topological polar surface area (TPSA) is 219 Å². The molecule has 0 aromatic rings. The van der Waals surface area contributed by atoms with E-state index in [1.807, 2.05) is 6.92 Å². The Morgan fingerprint density at radius 2 is 1.89 bits per heavy atom. The molecule has 1 rings (SSSR count). The fourth-order valence-corrected chi connectivity index (χ4v) is 3.79. The van der Waals surface area contributed by atoms with Crippen LogP contribution in [-0.4, -0.2) is 87.5 Å². The van der Waals surface area contributed by atoms with Gasteiger partial charge >= 0.3 is 5.97 Å². The summed E-state index contributed by atoms with van der Waals surface area (Å²) >= 11 is 4.51. The van der Waals surface area contributed by atoms with E-state index >= 15 is 0 Å². The molecule has 0 spiro atoms. The lowest BCUT2D eigenvalue weighted by Gasteiger charge is -2.39. The molecule has 0 saturated carbocycles. The first-order chi connectivity index (χ1) is 17.0. The van der Waals surface area contributed by atoms with Crippen molar-refractivity contribution in [1.82, 2.24) is 10.6 Å². The van der Waals surface area contributed by atoms with Gasteiger partial charge < -0.3 is 46.9 Å². The lowest BCUT2D eigenvalue weighted by atomic mass is 9.91. The van der Waals surface area contributed by atoms with Gasteiger partial charge in [0.15, 0.2) is 5.96 Å². The highest BCUT2D eigenvalue weighted by atomic mass is 32.1. The van der Waals surface area contributed by atoms with Gasteiger partial charge in [-0.25, -0.2) is 9.79 Å². The summed E-state index contributed by atoms with van der Waals surface area (Å²) in [6.45, 7) is 8.06. The third kappa shape index (κ3) is 10.4. The average Bonchev–Trinajstić information content (AvgIpc) is 2.79. The zero-order valence-electron chi connectivity index (χ0n) is 21.9. The summed E-state index contributed by atoms with van der Waals surface area (Å²) in [5.41, 5.74) is 9.89. The van der Waals surface area contributed by atoms with Crippen LogP contribution in [0.1, 0.15) is 53.9 Å². The number of carbonyl (C=O) groups excluding carboxylic acids is 2. The number of guanidine groups is 1. The van der Waals surface area contributed by atoms with Crippen LogP contribution in [0.5, 0.6) is 0 Å². The number of carbonyl (C=O) groups is 3. The van der Waals surface area contributed by atoms with E-state index in [0.29, 0.717) is 6.42 Å². The number of hydrogen-bond donors (Lipinski definition) is 8. The number of aliphatic imine (C=N–C) groups is 1. The molecule has 0 aromatic carbocycles. The van der Waals surface area contributed by atoms with Crippen LogP contribution in [0.2, 0.25) is 0 Å². The summed E-state index contributed by atoms with van der Waals surface area (Å²) in [6.07, 6.45) is -1.12. The van der Waals surface area contributed by atoms with E-state index in [2.05, 4.69) is 35.2 Å². The maximum absolute atomic E-state index is 12.8.